The number of hydrogen-bond acceptors (Lipinski definition) is 5. The van der Waals surface area contributed by atoms with E-state index >= 15 is 0 Å². The summed E-state index contributed by atoms with van der Waals surface area (Å²) in [5, 5.41) is 11.5. The number of carboxylic acids is 1. The fourth-order valence-corrected chi connectivity index (χ4v) is 3.19. The van der Waals surface area contributed by atoms with Crippen LogP contribution in [0, 0.1) is 0 Å². The van der Waals surface area contributed by atoms with Gasteiger partial charge in [-0.2, -0.15) is 0 Å². The summed E-state index contributed by atoms with van der Waals surface area (Å²) < 4.78 is 10.5. The maximum Gasteiger partial charge on any atom is 0.336 e. The normalized spacial score (nSPS) is 13.4. The summed E-state index contributed by atoms with van der Waals surface area (Å²) in [4.78, 5) is 24.1. The minimum atomic E-state index is -1.01. The smallest absolute Gasteiger partial charge is 0.336 e. The number of thioether (sulfide) groups is 1. The Labute approximate surface area is 142 Å². The van der Waals surface area contributed by atoms with Crippen molar-refractivity contribution in [2.75, 3.05) is 12.1 Å². The largest absolute Gasteiger partial charge is 0.478 e. The Bertz CT molecular complexity index is 792. The third kappa shape index (κ3) is 3.46. The van der Waals surface area contributed by atoms with Crippen LogP contribution in [0.5, 0.6) is 11.5 Å². The second-order valence-corrected chi connectivity index (χ2v) is 6.50. The fourth-order valence-electron chi connectivity index (χ4n) is 2.21. The average Bonchev–Trinajstić information content (AvgIpc) is 3.02. The average molecular weight is 345 g/mol. The summed E-state index contributed by atoms with van der Waals surface area (Å²) in [5.41, 5.74) is 0.786. The number of carbonyl (C=O) groups is 2. The van der Waals surface area contributed by atoms with Crippen LogP contribution in [0.2, 0.25) is 0 Å². The van der Waals surface area contributed by atoms with Gasteiger partial charge in [0.2, 0.25) is 12.7 Å². The van der Waals surface area contributed by atoms with Crippen molar-refractivity contribution in [2.45, 2.75) is 17.1 Å². The van der Waals surface area contributed by atoms with Gasteiger partial charge in [0.25, 0.3) is 0 Å². The van der Waals surface area contributed by atoms with Gasteiger partial charge in [0.15, 0.2) is 11.5 Å². The van der Waals surface area contributed by atoms with E-state index in [2.05, 4.69) is 5.32 Å². The Kier molecular flexibility index (Phi) is 4.61. The van der Waals surface area contributed by atoms with Gasteiger partial charge in [-0.1, -0.05) is 12.1 Å². The van der Waals surface area contributed by atoms with Gasteiger partial charge in [-0.25, -0.2) is 4.79 Å². The maximum atomic E-state index is 12.3. The van der Waals surface area contributed by atoms with Crippen LogP contribution in [0.4, 0.5) is 5.69 Å². The highest BCUT2D eigenvalue weighted by molar-refractivity contribution is 8.00. The molecule has 0 spiro atoms. The molecule has 2 N–H and O–H groups in total. The first kappa shape index (κ1) is 16.2. The molecule has 24 heavy (non-hydrogen) atoms. The summed E-state index contributed by atoms with van der Waals surface area (Å²) in [5.74, 6) is -0.00401. The molecule has 1 aliphatic heterocycles. The second kappa shape index (κ2) is 6.84. The molecule has 124 valence electrons. The number of carbonyl (C=O) groups excluding carboxylic acids is 1. The van der Waals surface area contributed by atoms with Crippen molar-refractivity contribution < 1.29 is 24.2 Å². The zero-order chi connectivity index (χ0) is 17.1. The van der Waals surface area contributed by atoms with Crippen LogP contribution in [0.3, 0.4) is 0 Å². The van der Waals surface area contributed by atoms with Crippen molar-refractivity contribution in [3.63, 3.8) is 0 Å². The lowest BCUT2D eigenvalue weighted by atomic mass is 10.2. The van der Waals surface area contributed by atoms with Gasteiger partial charge in [0.1, 0.15) is 0 Å². The Morgan fingerprint density at radius 1 is 1.17 bits per heavy atom. The molecule has 1 atom stereocenters. The van der Waals surface area contributed by atoms with Crippen LogP contribution in [-0.4, -0.2) is 29.0 Å². The summed E-state index contributed by atoms with van der Waals surface area (Å²) in [6, 6.07) is 11.8. The minimum absolute atomic E-state index is 0.172. The highest BCUT2D eigenvalue weighted by Gasteiger charge is 2.20. The number of aromatic carboxylic acids is 1. The molecule has 0 aromatic heterocycles. The molecule has 1 amide bonds. The molecular weight excluding hydrogens is 330 g/mol. The quantitative estimate of drug-likeness (QED) is 0.809. The van der Waals surface area contributed by atoms with E-state index in [1.807, 2.05) is 0 Å². The van der Waals surface area contributed by atoms with E-state index in [1.54, 1.807) is 43.3 Å². The predicted molar refractivity (Wildman–Crippen MR) is 89.9 cm³/mol. The lowest BCUT2D eigenvalue weighted by Gasteiger charge is -2.13. The fraction of sp³-hybridized carbons (Fsp3) is 0.176. The highest BCUT2D eigenvalue weighted by atomic mass is 32.2. The third-order valence-corrected chi connectivity index (χ3v) is 4.61. The van der Waals surface area contributed by atoms with E-state index < -0.39 is 11.2 Å². The molecular formula is C17H15NO5S. The van der Waals surface area contributed by atoms with Crippen molar-refractivity contribution in [1.82, 2.24) is 0 Å². The van der Waals surface area contributed by atoms with E-state index in [1.165, 1.54) is 17.8 Å². The SMILES string of the molecule is CC(Sc1ccccc1C(=O)O)C(=O)Nc1ccc2c(c1)OCO2. The topological polar surface area (TPSA) is 84.9 Å². The number of anilines is 1. The first-order chi connectivity index (χ1) is 11.5. The zero-order valence-corrected chi connectivity index (χ0v) is 13.6. The van der Waals surface area contributed by atoms with Crippen LogP contribution < -0.4 is 14.8 Å². The molecule has 3 rings (SSSR count). The second-order valence-electron chi connectivity index (χ2n) is 5.12. The maximum absolute atomic E-state index is 12.3. The van der Waals surface area contributed by atoms with E-state index in [4.69, 9.17) is 9.47 Å². The van der Waals surface area contributed by atoms with Gasteiger partial charge >= 0.3 is 5.97 Å². The van der Waals surface area contributed by atoms with Gasteiger partial charge < -0.3 is 19.9 Å². The number of carboxylic acid groups (broad SMARTS) is 1. The predicted octanol–water partition coefficient (Wildman–Crippen LogP) is 3.23. The van der Waals surface area contributed by atoms with Gasteiger partial charge in [0, 0.05) is 16.6 Å². The molecule has 1 heterocycles. The zero-order valence-electron chi connectivity index (χ0n) is 12.8. The number of ether oxygens (including phenoxy) is 2. The molecule has 0 saturated heterocycles. The first-order valence-corrected chi connectivity index (χ1v) is 8.12. The lowest BCUT2D eigenvalue weighted by molar-refractivity contribution is -0.115. The van der Waals surface area contributed by atoms with Crippen molar-refractivity contribution in [3.8, 4) is 11.5 Å². The molecule has 0 fully saturated rings. The highest BCUT2D eigenvalue weighted by Crippen LogP contribution is 2.34. The lowest BCUT2D eigenvalue weighted by Crippen LogP contribution is -2.22. The molecule has 0 aliphatic carbocycles. The van der Waals surface area contributed by atoms with Crippen LogP contribution in [0.1, 0.15) is 17.3 Å². The van der Waals surface area contributed by atoms with Crippen molar-refractivity contribution in [2.24, 2.45) is 0 Å². The molecule has 0 radical (unpaired) electrons. The summed E-state index contributed by atoms with van der Waals surface area (Å²) in [6.45, 7) is 1.90. The molecule has 2 aromatic carbocycles. The van der Waals surface area contributed by atoms with Crippen molar-refractivity contribution in [3.05, 3.63) is 48.0 Å². The van der Waals surface area contributed by atoms with Crippen LogP contribution in [0.25, 0.3) is 0 Å². The summed E-state index contributed by atoms with van der Waals surface area (Å²) in [6.07, 6.45) is 0. The molecule has 1 aliphatic rings. The number of hydrogen-bond donors (Lipinski definition) is 2. The number of rotatable bonds is 5. The van der Waals surface area contributed by atoms with E-state index in [0.29, 0.717) is 22.1 Å². The molecule has 7 heteroatoms. The molecule has 0 saturated carbocycles. The van der Waals surface area contributed by atoms with Crippen LogP contribution in [0.15, 0.2) is 47.4 Å². The van der Waals surface area contributed by atoms with Crippen molar-refractivity contribution in [1.29, 1.82) is 0 Å². The van der Waals surface area contributed by atoms with Crippen LogP contribution >= 0.6 is 11.8 Å². The first-order valence-electron chi connectivity index (χ1n) is 7.24. The van der Waals surface area contributed by atoms with E-state index in [-0.39, 0.29) is 18.3 Å². The van der Waals surface area contributed by atoms with E-state index in [0.717, 1.165) is 0 Å². The third-order valence-electron chi connectivity index (χ3n) is 3.43. The monoisotopic (exact) mass is 345 g/mol. The summed E-state index contributed by atoms with van der Waals surface area (Å²) >= 11 is 1.20. The molecule has 0 bridgehead atoms. The Balaban J connectivity index is 1.68. The summed E-state index contributed by atoms with van der Waals surface area (Å²) in [7, 11) is 0. The molecule has 6 nitrogen and oxygen atoms in total. The van der Waals surface area contributed by atoms with Gasteiger partial charge in [0.05, 0.1) is 10.8 Å². The number of benzene rings is 2. The van der Waals surface area contributed by atoms with Gasteiger partial charge in [-0.05, 0) is 31.2 Å². The molecule has 1 unspecified atom stereocenters. The Morgan fingerprint density at radius 2 is 1.92 bits per heavy atom. The molecule has 2 aromatic rings. The van der Waals surface area contributed by atoms with Gasteiger partial charge in [-0.3, -0.25) is 4.79 Å². The Hall–Kier alpha value is -2.67. The van der Waals surface area contributed by atoms with Crippen molar-refractivity contribution >= 4 is 29.3 Å². The van der Waals surface area contributed by atoms with Crippen LogP contribution in [-0.2, 0) is 4.79 Å². The Morgan fingerprint density at radius 3 is 2.71 bits per heavy atom. The standard InChI is InChI=1S/C17H15NO5S/c1-10(24-15-5-3-2-4-12(15)17(20)21)16(19)18-11-6-7-13-14(8-11)23-9-22-13/h2-8,10H,9H2,1H3,(H,18,19)(H,20,21). The number of amides is 1. The van der Waals surface area contributed by atoms with Gasteiger partial charge in [-0.15, -0.1) is 11.8 Å². The van der Waals surface area contributed by atoms with E-state index in [9.17, 15) is 14.7 Å². The number of fused-ring (bicyclic) bond motifs is 1. The number of nitrogens with one attached hydrogen (secondary N) is 1. The minimum Gasteiger partial charge on any atom is -0.478 e.